The molecule has 0 fully saturated rings. The second-order valence-electron chi connectivity index (χ2n) is 5.00. The molecule has 1 atom stereocenters. The Bertz CT molecular complexity index is 709. The van der Waals surface area contributed by atoms with E-state index in [4.69, 9.17) is 9.47 Å². The predicted octanol–water partition coefficient (Wildman–Crippen LogP) is 2.33. The Morgan fingerprint density at radius 3 is 2.88 bits per heavy atom. The molecule has 1 aliphatic rings. The minimum atomic E-state index is -0.399. The third-order valence-corrected chi connectivity index (χ3v) is 4.50. The number of thioether (sulfide) groups is 1. The first-order chi connectivity index (χ1) is 11.6. The van der Waals surface area contributed by atoms with Crippen molar-refractivity contribution < 1.29 is 19.1 Å². The zero-order chi connectivity index (χ0) is 17.5. The van der Waals surface area contributed by atoms with E-state index in [0.717, 1.165) is 17.3 Å². The van der Waals surface area contributed by atoms with Crippen LogP contribution in [0.4, 0.5) is 0 Å². The topological polar surface area (TPSA) is 88.4 Å². The fourth-order valence-electron chi connectivity index (χ4n) is 2.49. The van der Waals surface area contributed by atoms with E-state index in [-0.39, 0.29) is 24.1 Å². The molecule has 126 valence electrons. The number of rotatable bonds is 6. The molecule has 0 spiro atoms. The zero-order valence-electron chi connectivity index (χ0n) is 13.5. The van der Waals surface area contributed by atoms with E-state index in [0.29, 0.717) is 23.0 Å². The summed E-state index contributed by atoms with van der Waals surface area (Å²) in [6, 6.07) is 9.47. The molecule has 2 rings (SSSR count). The maximum absolute atomic E-state index is 12.1. The Kier molecular flexibility index (Phi) is 6.27. The van der Waals surface area contributed by atoms with Gasteiger partial charge in [0.05, 0.1) is 36.1 Å². The average molecular weight is 346 g/mol. The molecule has 0 saturated heterocycles. The molecule has 0 radical (unpaired) electrons. The fourth-order valence-corrected chi connectivity index (χ4v) is 3.36. The highest BCUT2D eigenvalue weighted by Crippen LogP contribution is 2.39. The molecular formula is C17H18N2O4S. The maximum atomic E-state index is 12.1. The standard InChI is InChI=1S/C17H18N2O4S/c1-3-23-16(21)10-24-17-13(9-18)12(8-15(20)19-17)11-6-4-5-7-14(11)22-2/h4-7,12H,3,8,10H2,1-2H3,(H,19,20)/t12-/m1/s1. The van der Waals surface area contributed by atoms with Gasteiger partial charge in [-0.05, 0) is 13.0 Å². The van der Waals surface area contributed by atoms with Gasteiger partial charge in [-0.1, -0.05) is 30.0 Å². The van der Waals surface area contributed by atoms with Gasteiger partial charge in [-0.3, -0.25) is 9.59 Å². The number of nitriles is 1. The van der Waals surface area contributed by atoms with Crippen LogP contribution in [0.15, 0.2) is 34.9 Å². The van der Waals surface area contributed by atoms with Gasteiger partial charge in [0.1, 0.15) is 5.75 Å². The molecule has 1 aliphatic heterocycles. The Hall–Kier alpha value is -2.46. The molecule has 0 aliphatic carbocycles. The van der Waals surface area contributed by atoms with Gasteiger partial charge in [0.15, 0.2) is 0 Å². The first kappa shape index (κ1) is 17.9. The third-order valence-electron chi connectivity index (χ3n) is 3.51. The zero-order valence-corrected chi connectivity index (χ0v) is 14.3. The Morgan fingerprint density at radius 2 is 2.21 bits per heavy atom. The number of nitrogens with one attached hydrogen (secondary N) is 1. The summed E-state index contributed by atoms with van der Waals surface area (Å²) < 4.78 is 10.2. The molecule has 1 aromatic carbocycles. The second-order valence-corrected chi connectivity index (χ2v) is 5.98. The second kappa shape index (κ2) is 8.41. The van der Waals surface area contributed by atoms with E-state index in [1.807, 2.05) is 18.2 Å². The lowest BCUT2D eigenvalue weighted by Gasteiger charge is -2.26. The van der Waals surface area contributed by atoms with Crippen molar-refractivity contribution in [3.05, 3.63) is 40.4 Å². The highest BCUT2D eigenvalue weighted by atomic mass is 32.2. The molecule has 24 heavy (non-hydrogen) atoms. The number of methoxy groups -OCH3 is 1. The van der Waals surface area contributed by atoms with Crippen LogP contribution < -0.4 is 10.1 Å². The van der Waals surface area contributed by atoms with Crippen molar-refractivity contribution in [2.24, 2.45) is 0 Å². The van der Waals surface area contributed by atoms with Gasteiger partial charge in [-0.25, -0.2) is 0 Å². The van der Waals surface area contributed by atoms with E-state index in [9.17, 15) is 14.9 Å². The van der Waals surface area contributed by atoms with Crippen LogP contribution in [-0.4, -0.2) is 31.3 Å². The number of carbonyl (C=O) groups is 2. The minimum Gasteiger partial charge on any atom is -0.496 e. The van der Waals surface area contributed by atoms with Gasteiger partial charge in [-0.2, -0.15) is 5.26 Å². The van der Waals surface area contributed by atoms with Gasteiger partial charge in [0.2, 0.25) is 5.91 Å². The first-order valence-electron chi connectivity index (χ1n) is 7.46. The molecule has 0 bridgehead atoms. The van der Waals surface area contributed by atoms with E-state index in [1.54, 1.807) is 20.1 Å². The normalized spacial score (nSPS) is 17.0. The first-order valence-corrected chi connectivity index (χ1v) is 8.44. The number of esters is 1. The molecule has 0 unspecified atom stereocenters. The molecule has 0 saturated carbocycles. The molecule has 1 N–H and O–H groups in total. The number of hydrogen-bond acceptors (Lipinski definition) is 6. The molecule has 1 aromatic rings. The smallest absolute Gasteiger partial charge is 0.316 e. The summed E-state index contributed by atoms with van der Waals surface area (Å²) in [7, 11) is 1.55. The van der Waals surface area contributed by atoms with Crippen molar-refractivity contribution >= 4 is 23.6 Å². The lowest BCUT2D eigenvalue weighted by Crippen LogP contribution is -2.31. The third kappa shape index (κ3) is 4.09. The quantitative estimate of drug-likeness (QED) is 0.795. The summed E-state index contributed by atoms with van der Waals surface area (Å²) in [6.07, 6.45) is 0.159. The van der Waals surface area contributed by atoms with Gasteiger partial charge < -0.3 is 14.8 Å². The molecule has 0 aromatic heterocycles. The summed E-state index contributed by atoms with van der Waals surface area (Å²) in [5.74, 6) is -0.325. The van der Waals surface area contributed by atoms with Crippen LogP contribution in [0.5, 0.6) is 5.75 Å². The van der Waals surface area contributed by atoms with Crippen LogP contribution >= 0.6 is 11.8 Å². The maximum Gasteiger partial charge on any atom is 0.316 e. The number of carbonyl (C=O) groups excluding carboxylic acids is 2. The lowest BCUT2D eigenvalue weighted by molar-refractivity contribution is -0.139. The number of para-hydroxylation sites is 1. The van der Waals surface area contributed by atoms with Crippen molar-refractivity contribution in [3.8, 4) is 11.8 Å². The molecule has 1 amide bonds. The highest BCUT2D eigenvalue weighted by molar-refractivity contribution is 8.03. The van der Waals surface area contributed by atoms with Crippen molar-refractivity contribution in [2.45, 2.75) is 19.3 Å². The van der Waals surface area contributed by atoms with Crippen LogP contribution in [0.3, 0.4) is 0 Å². The Morgan fingerprint density at radius 1 is 1.46 bits per heavy atom. The number of hydrogen-bond donors (Lipinski definition) is 1. The van der Waals surface area contributed by atoms with Crippen molar-refractivity contribution in [2.75, 3.05) is 19.5 Å². The van der Waals surface area contributed by atoms with Crippen molar-refractivity contribution in [1.82, 2.24) is 5.32 Å². The van der Waals surface area contributed by atoms with Gasteiger partial charge in [0, 0.05) is 17.9 Å². The van der Waals surface area contributed by atoms with E-state index in [2.05, 4.69) is 11.4 Å². The van der Waals surface area contributed by atoms with Crippen LogP contribution in [0.2, 0.25) is 0 Å². The number of benzene rings is 1. The molecule has 6 nitrogen and oxygen atoms in total. The molecule has 7 heteroatoms. The number of allylic oxidation sites excluding steroid dienone is 1. The number of ether oxygens (including phenoxy) is 2. The van der Waals surface area contributed by atoms with E-state index in [1.165, 1.54) is 0 Å². The molecule has 1 heterocycles. The van der Waals surface area contributed by atoms with Gasteiger partial charge in [0.25, 0.3) is 0 Å². The van der Waals surface area contributed by atoms with Crippen molar-refractivity contribution in [1.29, 1.82) is 5.26 Å². The van der Waals surface area contributed by atoms with Crippen LogP contribution in [0, 0.1) is 11.3 Å². The monoisotopic (exact) mass is 346 g/mol. The van der Waals surface area contributed by atoms with Gasteiger partial charge >= 0.3 is 5.97 Å². The number of nitrogens with zero attached hydrogens (tertiary/aromatic N) is 1. The van der Waals surface area contributed by atoms with Crippen LogP contribution in [0.1, 0.15) is 24.8 Å². The lowest BCUT2D eigenvalue weighted by atomic mass is 9.86. The fraction of sp³-hybridized carbons (Fsp3) is 0.353. The largest absolute Gasteiger partial charge is 0.496 e. The summed E-state index contributed by atoms with van der Waals surface area (Å²) in [5.41, 5.74) is 1.20. The van der Waals surface area contributed by atoms with Crippen LogP contribution in [0.25, 0.3) is 0 Å². The van der Waals surface area contributed by atoms with E-state index < -0.39 is 5.92 Å². The summed E-state index contributed by atoms with van der Waals surface area (Å²) in [5, 5.41) is 12.7. The van der Waals surface area contributed by atoms with Crippen LogP contribution in [-0.2, 0) is 14.3 Å². The summed E-state index contributed by atoms with van der Waals surface area (Å²) in [6.45, 7) is 2.02. The Balaban J connectivity index is 2.33. The average Bonchev–Trinajstić information content (AvgIpc) is 2.59. The van der Waals surface area contributed by atoms with Crippen molar-refractivity contribution in [3.63, 3.8) is 0 Å². The number of amides is 1. The van der Waals surface area contributed by atoms with E-state index >= 15 is 0 Å². The SMILES string of the molecule is CCOC(=O)CSC1=C(C#N)[C@@H](c2ccccc2OC)CC(=O)N1. The summed E-state index contributed by atoms with van der Waals surface area (Å²) in [4.78, 5) is 23.6. The highest BCUT2D eigenvalue weighted by Gasteiger charge is 2.31. The molecular weight excluding hydrogens is 328 g/mol. The Labute approximate surface area is 144 Å². The summed E-state index contributed by atoms with van der Waals surface area (Å²) >= 11 is 1.10. The minimum absolute atomic E-state index is 0.0350. The van der Waals surface area contributed by atoms with Gasteiger partial charge in [-0.15, -0.1) is 0 Å². The predicted molar refractivity (Wildman–Crippen MR) is 90.2 cm³/mol.